The third kappa shape index (κ3) is 7.17. The monoisotopic (exact) mass is 483 g/mol. The standard InChI is InChI=1S/C24H19Cl2N3O4/c1-15-3-2-4-18(11-15)24(32)33-19-8-5-16(6-9-19)13-28-29-22(30)14-27-23(31)17-7-10-20(25)21(26)12-17/h2-13H,14H2,1H3,(H,27,31)(H,29,30)/b28-13-. The first-order valence-corrected chi connectivity index (χ1v) is 10.5. The van der Waals surface area contributed by atoms with Crippen molar-refractivity contribution >= 4 is 47.2 Å². The Morgan fingerprint density at radius 1 is 0.939 bits per heavy atom. The number of benzene rings is 3. The van der Waals surface area contributed by atoms with Gasteiger partial charge in [0.25, 0.3) is 11.8 Å². The molecule has 168 valence electrons. The molecule has 0 saturated heterocycles. The van der Waals surface area contributed by atoms with E-state index in [2.05, 4.69) is 15.8 Å². The smallest absolute Gasteiger partial charge is 0.343 e. The van der Waals surface area contributed by atoms with E-state index in [1.807, 2.05) is 13.0 Å². The number of nitrogens with zero attached hydrogens (tertiary/aromatic N) is 1. The lowest BCUT2D eigenvalue weighted by Gasteiger charge is -2.06. The second kappa shape index (κ2) is 11.3. The van der Waals surface area contributed by atoms with Crippen LogP contribution in [0.4, 0.5) is 0 Å². The highest BCUT2D eigenvalue weighted by molar-refractivity contribution is 6.42. The molecule has 2 N–H and O–H groups in total. The normalized spacial score (nSPS) is 10.6. The third-order valence-corrected chi connectivity index (χ3v) is 5.08. The van der Waals surface area contributed by atoms with Gasteiger partial charge in [0.1, 0.15) is 5.75 Å². The van der Waals surface area contributed by atoms with Crippen LogP contribution in [0.15, 0.2) is 71.8 Å². The molecule has 0 aliphatic carbocycles. The highest BCUT2D eigenvalue weighted by atomic mass is 35.5. The fourth-order valence-electron chi connectivity index (χ4n) is 2.68. The SMILES string of the molecule is Cc1cccc(C(=O)Oc2ccc(/C=N\NC(=O)CNC(=O)c3ccc(Cl)c(Cl)c3)cc2)c1. The van der Waals surface area contributed by atoms with Crippen LogP contribution in [0.3, 0.4) is 0 Å². The fraction of sp³-hybridized carbons (Fsp3) is 0.0833. The van der Waals surface area contributed by atoms with Crippen LogP contribution in [-0.2, 0) is 4.79 Å². The molecule has 3 aromatic carbocycles. The predicted octanol–water partition coefficient (Wildman–Crippen LogP) is 4.40. The Balaban J connectivity index is 1.45. The molecule has 0 aliphatic heterocycles. The van der Waals surface area contributed by atoms with Crippen LogP contribution < -0.4 is 15.5 Å². The Morgan fingerprint density at radius 2 is 1.70 bits per heavy atom. The van der Waals surface area contributed by atoms with Gasteiger partial charge in [-0.05, 0) is 67.1 Å². The number of carbonyl (C=O) groups is 3. The Bertz CT molecular complexity index is 1210. The largest absolute Gasteiger partial charge is 0.423 e. The van der Waals surface area contributed by atoms with E-state index in [1.54, 1.807) is 42.5 Å². The van der Waals surface area contributed by atoms with Gasteiger partial charge >= 0.3 is 5.97 Å². The molecule has 2 amide bonds. The number of hydrazone groups is 1. The van der Waals surface area contributed by atoms with Gasteiger partial charge in [-0.2, -0.15) is 5.10 Å². The predicted molar refractivity (Wildman–Crippen MR) is 127 cm³/mol. The van der Waals surface area contributed by atoms with Crippen LogP contribution >= 0.6 is 23.2 Å². The number of halogens is 2. The van der Waals surface area contributed by atoms with Gasteiger partial charge in [-0.3, -0.25) is 9.59 Å². The van der Waals surface area contributed by atoms with Crippen LogP contribution in [0.2, 0.25) is 10.0 Å². The molecule has 7 nitrogen and oxygen atoms in total. The lowest BCUT2D eigenvalue weighted by atomic mass is 10.1. The Morgan fingerprint density at radius 3 is 2.39 bits per heavy atom. The zero-order valence-electron chi connectivity index (χ0n) is 17.5. The summed E-state index contributed by atoms with van der Waals surface area (Å²) in [5.41, 5.74) is 4.70. The van der Waals surface area contributed by atoms with Gasteiger partial charge in [0.2, 0.25) is 0 Å². The molecule has 3 aromatic rings. The van der Waals surface area contributed by atoms with E-state index >= 15 is 0 Å². The first kappa shape index (κ1) is 24.0. The van der Waals surface area contributed by atoms with Gasteiger partial charge in [-0.15, -0.1) is 0 Å². The molecule has 0 saturated carbocycles. The topological polar surface area (TPSA) is 96.9 Å². The maximum absolute atomic E-state index is 12.2. The van der Waals surface area contributed by atoms with E-state index in [-0.39, 0.29) is 17.1 Å². The molecular weight excluding hydrogens is 465 g/mol. The van der Waals surface area contributed by atoms with E-state index in [4.69, 9.17) is 27.9 Å². The van der Waals surface area contributed by atoms with Crippen LogP contribution in [0.1, 0.15) is 31.8 Å². The number of hydrogen-bond donors (Lipinski definition) is 2. The van der Waals surface area contributed by atoms with Gasteiger partial charge in [-0.25, -0.2) is 10.2 Å². The summed E-state index contributed by atoms with van der Waals surface area (Å²) < 4.78 is 5.35. The fourth-order valence-corrected chi connectivity index (χ4v) is 2.98. The van der Waals surface area contributed by atoms with Crippen molar-refractivity contribution in [2.24, 2.45) is 5.10 Å². The molecule has 0 radical (unpaired) electrons. The summed E-state index contributed by atoms with van der Waals surface area (Å²) in [5, 5.41) is 6.88. The number of amides is 2. The van der Waals surface area contributed by atoms with Crippen molar-refractivity contribution in [3.05, 3.63) is 99.0 Å². The molecule has 0 fully saturated rings. The highest BCUT2D eigenvalue weighted by Crippen LogP contribution is 2.22. The molecule has 0 bridgehead atoms. The Hall–Kier alpha value is -3.68. The Kier molecular flexibility index (Phi) is 8.18. The maximum atomic E-state index is 12.2. The van der Waals surface area contributed by atoms with Crippen molar-refractivity contribution < 1.29 is 19.1 Å². The van der Waals surface area contributed by atoms with Crippen LogP contribution in [-0.4, -0.2) is 30.5 Å². The summed E-state index contributed by atoms with van der Waals surface area (Å²) in [6.07, 6.45) is 1.42. The zero-order valence-corrected chi connectivity index (χ0v) is 19.0. The Labute approximate surface area is 200 Å². The molecule has 0 heterocycles. The molecule has 0 unspecified atom stereocenters. The third-order valence-electron chi connectivity index (χ3n) is 4.34. The summed E-state index contributed by atoms with van der Waals surface area (Å²) in [5.74, 6) is -1.05. The van der Waals surface area contributed by atoms with E-state index < -0.39 is 17.8 Å². The average Bonchev–Trinajstić information content (AvgIpc) is 2.80. The second-order valence-corrected chi connectivity index (χ2v) is 7.75. The molecule has 9 heteroatoms. The maximum Gasteiger partial charge on any atom is 0.343 e. The molecule has 0 atom stereocenters. The zero-order chi connectivity index (χ0) is 23.8. The molecule has 0 aromatic heterocycles. The van der Waals surface area contributed by atoms with Crippen LogP contribution in [0.5, 0.6) is 5.75 Å². The number of nitrogens with one attached hydrogen (secondary N) is 2. The number of aryl methyl sites for hydroxylation is 1. The molecular formula is C24H19Cl2N3O4. The number of rotatable bonds is 7. The average molecular weight is 484 g/mol. The number of hydrogen-bond acceptors (Lipinski definition) is 5. The van der Waals surface area contributed by atoms with Gasteiger partial charge in [0.05, 0.1) is 28.4 Å². The van der Waals surface area contributed by atoms with Crippen molar-refractivity contribution in [1.82, 2.24) is 10.7 Å². The number of esters is 1. The summed E-state index contributed by atoms with van der Waals surface area (Å²) in [7, 11) is 0. The minimum absolute atomic E-state index is 0.245. The summed E-state index contributed by atoms with van der Waals surface area (Å²) in [6.45, 7) is 1.62. The minimum atomic E-state index is -0.511. The summed E-state index contributed by atoms with van der Waals surface area (Å²) >= 11 is 11.7. The number of ether oxygens (including phenoxy) is 1. The van der Waals surface area contributed by atoms with E-state index in [9.17, 15) is 14.4 Å². The van der Waals surface area contributed by atoms with Gasteiger partial charge in [-0.1, -0.05) is 40.9 Å². The van der Waals surface area contributed by atoms with E-state index in [0.29, 0.717) is 21.9 Å². The van der Waals surface area contributed by atoms with Gasteiger partial charge in [0, 0.05) is 5.56 Å². The highest BCUT2D eigenvalue weighted by Gasteiger charge is 2.10. The van der Waals surface area contributed by atoms with Crippen molar-refractivity contribution in [1.29, 1.82) is 0 Å². The molecule has 0 spiro atoms. The van der Waals surface area contributed by atoms with Crippen LogP contribution in [0.25, 0.3) is 0 Å². The van der Waals surface area contributed by atoms with E-state index in [0.717, 1.165) is 5.56 Å². The molecule has 33 heavy (non-hydrogen) atoms. The summed E-state index contributed by atoms with van der Waals surface area (Å²) in [6, 6.07) is 18.1. The number of carbonyl (C=O) groups excluding carboxylic acids is 3. The minimum Gasteiger partial charge on any atom is -0.423 e. The lowest BCUT2D eigenvalue weighted by Crippen LogP contribution is -2.34. The second-order valence-electron chi connectivity index (χ2n) is 6.93. The van der Waals surface area contributed by atoms with Gasteiger partial charge in [0.15, 0.2) is 0 Å². The quantitative estimate of drug-likeness (QED) is 0.225. The van der Waals surface area contributed by atoms with Crippen molar-refractivity contribution in [3.63, 3.8) is 0 Å². The van der Waals surface area contributed by atoms with E-state index in [1.165, 1.54) is 24.4 Å². The van der Waals surface area contributed by atoms with Crippen LogP contribution in [0, 0.1) is 6.92 Å². The van der Waals surface area contributed by atoms with Crippen molar-refractivity contribution in [2.75, 3.05) is 6.54 Å². The first-order valence-electron chi connectivity index (χ1n) is 9.76. The van der Waals surface area contributed by atoms with Crippen molar-refractivity contribution in [3.8, 4) is 5.75 Å². The first-order chi connectivity index (χ1) is 15.8. The summed E-state index contributed by atoms with van der Waals surface area (Å²) in [4.78, 5) is 36.1. The molecule has 0 aliphatic rings. The molecule has 3 rings (SSSR count). The van der Waals surface area contributed by atoms with Crippen molar-refractivity contribution in [2.45, 2.75) is 6.92 Å². The van der Waals surface area contributed by atoms with Gasteiger partial charge < -0.3 is 10.1 Å². The lowest BCUT2D eigenvalue weighted by molar-refractivity contribution is -0.120.